The SMILES string of the molecule is COc1ccc2nc(-c3ccc(Cl)c(Cl)c3)nc(N)c2c1. The summed E-state index contributed by atoms with van der Waals surface area (Å²) in [4.78, 5) is 8.83. The Hall–Kier alpha value is -2.04. The Morgan fingerprint density at radius 1 is 1.00 bits per heavy atom. The second-order valence-electron chi connectivity index (χ2n) is 4.44. The summed E-state index contributed by atoms with van der Waals surface area (Å²) in [7, 11) is 1.60. The lowest BCUT2D eigenvalue weighted by Gasteiger charge is -2.08. The highest BCUT2D eigenvalue weighted by Gasteiger charge is 2.10. The third kappa shape index (κ3) is 2.60. The van der Waals surface area contributed by atoms with Crippen molar-refractivity contribution in [3.8, 4) is 17.1 Å². The van der Waals surface area contributed by atoms with E-state index in [1.807, 2.05) is 18.2 Å². The second kappa shape index (κ2) is 5.39. The molecule has 6 heteroatoms. The minimum absolute atomic E-state index is 0.389. The number of ether oxygens (including phenoxy) is 1. The van der Waals surface area contributed by atoms with Crippen LogP contribution in [-0.4, -0.2) is 17.1 Å². The summed E-state index contributed by atoms with van der Waals surface area (Å²) in [6.45, 7) is 0. The molecule has 0 saturated heterocycles. The molecule has 1 heterocycles. The van der Waals surface area contributed by atoms with E-state index in [1.54, 1.807) is 25.3 Å². The number of hydrogen-bond donors (Lipinski definition) is 1. The van der Waals surface area contributed by atoms with Crippen molar-refractivity contribution < 1.29 is 4.74 Å². The van der Waals surface area contributed by atoms with Crippen molar-refractivity contribution >= 4 is 39.9 Å². The normalized spacial score (nSPS) is 10.8. The maximum absolute atomic E-state index is 6.03. The highest BCUT2D eigenvalue weighted by Crippen LogP contribution is 2.30. The predicted octanol–water partition coefficient (Wildman–Crippen LogP) is 4.19. The number of nitrogen functional groups attached to an aromatic ring is 1. The molecule has 0 amide bonds. The van der Waals surface area contributed by atoms with Crippen LogP contribution in [0.15, 0.2) is 36.4 Å². The molecular weight excluding hydrogens is 309 g/mol. The van der Waals surface area contributed by atoms with Gasteiger partial charge in [0.25, 0.3) is 0 Å². The van der Waals surface area contributed by atoms with Crippen molar-refractivity contribution in [2.24, 2.45) is 0 Å². The van der Waals surface area contributed by atoms with Crippen LogP contribution in [0.4, 0.5) is 5.82 Å². The molecule has 3 rings (SSSR count). The van der Waals surface area contributed by atoms with Crippen LogP contribution >= 0.6 is 23.2 Å². The van der Waals surface area contributed by atoms with Crippen LogP contribution in [0.2, 0.25) is 10.0 Å². The van der Waals surface area contributed by atoms with E-state index in [9.17, 15) is 0 Å². The molecule has 0 fully saturated rings. The van der Waals surface area contributed by atoms with Crippen LogP contribution < -0.4 is 10.5 Å². The minimum Gasteiger partial charge on any atom is -0.497 e. The molecule has 0 saturated carbocycles. The average molecular weight is 320 g/mol. The van der Waals surface area contributed by atoms with Gasteiger partial charge >= 0.3 is 0 Å². The molecule has 2 N–H and O–H groups in total. The topological polar surface area (TPSA) is 61.0 Å². The highest BCUT2D eigenvalue weighted by atomic mass is 35.5. The number of fused-ring (bicyclic) bond motifs is 1. The Kier molecular flexibility index (Phi) is 3.57. The molecule has 0 aliphatic heterocycles. The highest BCUT2D eigenvalue weighted by molar-refractivity contribution is 6.42. The summed E-state index contributed by atoms with van der Waals surface area (Å²) in [5.41, 5.74) is 7.52. The summed E-state index contributed by atoms with van der Waals surface area (Å²) in [5, 5.41) is 1.68. The van der Waals surface area contributed by atoms with Gasteiger partial charge in [-0.2, -0.15) is 0 Å². The van der Waals surface area contributed by atoms with Gasteiger partial charge in [-0.05, 0) is 36.4 Å². The number of nitrogens with two attached hydrogens (primary N) is 1. The van der Waals surface area contributed by atoms with Crippen LogP contribution in [0.3, 0.4) is 0 Å². The maximum atomic E-state index is 6.03. The monoisotopic (exact) mass is 319 g/mol. The van der Waals surface area contributed by atoms with Crippen LogP contribution in [0.5, 0.6) is 5.75 Å². The molecule has 21 heavy (non-hydrogen) atoms. The molecule has 0 bridgehead atoms. The van der Waals surface area contributed by atoms with Crippen molar-refractivity contribution in [1.82, 2.24) is 9.97 Å². The third-order valence-corrected chi connectivity index (χ3v) is 3.85. The summed E-state index contributed by atoms with van der Waals surface area (Å²) in [6, 6.07) is 10.7. The predicted molar refractivity (Wildman–Crippen MR) is 86.0 cm³/mol. The molecule has 0 aliphatic rings. The van der Waals surface area contributed by atoms with Crippen molar-refractivity contribution in [1.29, 1.82) is 0 Å². The molecule has 0 unspecified atom stereocenters. The number of rotatable bonds is 2. The molecule has 0 atom stereocenters. The Labute approximate surface area is 131 Å². The fraction of sp³-hybridized carbons (Fsp3) is 0.0667. The van der Waals surface area contributed by atoms with E-state index < -0.39 is 0 Å². The number of benzene rings is 2. The van der Waals surface area contributed by atoms with Gasteiger partial charge < -0.3 is 10.5 Å². The van der Waals surface area contributed by atoms with Crippen LogP contribution in [0, 0.1) is 0 Å². The van der Waals surface area contributed by atoms with Gasteiger partial charge in [0.15, 0.2) is 5.82 Å². The quantitative estimate of drug-likeness (QED) is 0.769. The lowest BCUT2D eigenvalue weighted by atomic mass is 10.1. The first-order valence-electron chi connectivity index (χ1n) is 6.15. The maximum Gasteiger partial charge on any atom is 0.162 e. The number of nitrogens with zero attached hydrogens (tertiary/aromatic N) is 2. The van der Waals surface area contributed by atoms with E-state index in [2.05, 4.69) is 9.97 Å². The van der Waals surface area contributed by atoms with E-state index in [-0.39, 0.29) is 0 Å². The average Bonchev–Trinajstić information content (AvgIpc) is 2.49. The first kappa shape index (κ1) is 13.9. The number of hydrogen-bond acceptors (Lipinski definition) is 4. The third-order valence-electron chi connectivity index (χ3n) is 3.11. The van der Waals surface area contributed by atoms with Crippen LogP contribution in [0.25, 0.3) is 22.3 Å². The van der Waals surface area contributed by atoms with Crippen molar-refractivity contribution in [2.75, 3.05) is 12.8 Å². The van der Waals surface area contributed by atoms with Gasteiger partial charge in [0.2, 0.25) is 0 Å². The summed E-state index contributed by atoms with van der Waals surface area (Å²) in [5.74, 6) is 1.60. The van der Waals surface area contributed by atoms with Crippen molar-refractivity contribution in [3.05, 3.63) is 46.4 Å². The lowest BCUT2D eigenvalue weighted by molar-refractivity contribution is 0.415. The van der Waals surface area contributed by atoms with Crippen molar-refractivity contribution in [3.63, 3.8) is 0 Å². The van der Waals surface area contributed by atoms with Crippen LogP contribution in [-0.2, 0) is 0 Å². The molecular formula is C15H11Cl2N3O. The molecule has 0 aliphatic carbocycles. The number of halogens is 2. The number of aromatic nitrogens is 2. The first-order valence-corrected chi connectivity index (χ1v) is 6.91. The molecule has 4 nitrogen and oxygen atoms in total. The van der Waals surface area contributed by atoms with Gasteiger partial charge in [-0.1, -0.05) is 23.2 Å². The van der Waals surface area contributed by atoms with Gasteiger partial charge in [-0.3, -0.25) is 0 Å². The summed E-state index contributed by atoms with van der Waals surface area (Å²) >= 11 is 11.9. The first-order chi connectivity index (χ1) is 10.1. The Bertz CT molecular complexity index is 837. The molecule has 2 aromatic carbocycles. The van der Waals surface area contributed by atoms with Crippen LogP contribution in [0.1, 0.15) is 0 Å². The van der Waals surface area contributed by atoms with Gasteiger partial charge in [0, 0.05) is 10.9 Å². The fourth-order valence-electron chi connectivity index (χ4n) is 2.02. The van der Waals surface area contributed by atoms with Crippen molar-refractivity contribution in [2.45, 2.75) is 0 Å². The Balaban J connectivity index is 2.18. The van der Waals surface area contributed by atoms with Gasteiger partial charge in [-0.25, -0.2) is 9.97 Å². The summed E-state index contributed by atoms with van der Waals surface area (Å²) < 4.78 is 5.18. The molecule has 1 aromatic heterocycles. The van der Waals surface area contributed by atoms with Gasteiger partial charge in [-0.15, -0.1) is 0 Å². The molecule has 3 aromatic rings. The molecule has 0 spiro atoms. The Morgan fingerprint density at radius 2 is 1.81 bits per heavy atom. The zero-order valence-corrected chi connectivity index (χ0v) is 12.6. The van der Waals surface area contributed by atoms with Gasteiger partial charge in [0.1, 0.15) is 11.6 Å². The Morgan fingerprint density at radius 3 is 2.52 bits per heavy atom. The number of anilines is 1. The zero-order valence-electron chi connectivity index (χ0n) is 11.1. The molecule has 106 valence electrons. The van der Waals surface area contributed by atoms with E-state index >= 15 is 0 Å². The zero-order chi connectivity index (χ0) is 15.0. The van der Waals surface area contributed by atoms with E-state index in [1.165, 1.54) is 0 Å². The largest absolute Gasteiger partial charge is 0.497 e. The fourth-order valence-corrected chi connectivity index (χ4v) is 2.32. The smallest absolute Gasteiger partial charge is 0.162 e. The van der Waals surface area contributed by atoms with E-state index in [0.29, 0.717) is 27.4 Å². The summed E-state index contributed by atoms with van der Waals surface area (Å²) in [6.07, 6.45) is 0. The lowest BCUT2D eigenvalue weighted by Crippen LogP contribution is -1.98. The number of methoxy groups -OCH3 is 1. The minimum atomic E-state index is 0.389. The van der Waals surface area contributed by atoms with E-state index in [4.69, 9.17) is 33.7 Å². The standard InChI is InChI=1S/C15H11Cl2N3O/c1-21-9-3-5-13-10(7-9)14(18)20-15(19-13)8-2-4-11(16)12(17)6-8/h2-7H,1H3,(H2,18,19,20). The van der Waals surface area contributed by atoms with E-state index in [0.717, 1.165) is 16.5 Å². The second-order valence-corrected chi connectivity index (χ2v) is 5.26. The molecule has 0 radical (unpaired) electrons. The van der Waals surface area contributed by atoms with Gasteiger partial charge in [0.05, 0.1) is 22.7 Å².